The Bertz CT molecular complexity index is 1090. The van der Waals surface area contributed by atoms with Crippen LogP contribution in [0.25, 0.3) is 11.4 Å². The first-order valence-electron chi connectivity index (χ1n) is 8.86. The molecule has 1 aliphatic carbocycles. The molecule has 0 bridgehead atoms. The summed E-state index contributed by atoms with van der Waals surface area (Å²) in [5.74, 6) is 0.285. The molecule has 2 aromatic heterocycles. The molecule has 5 rings (SSSR count). The smallest absolute Gasteiger partial charge is 0.325 e. The fourth-order valence-electron chi connectivity index (χ4n) is 3.88. The van der Waals surface area contributed by atoms with Gasteiger partial charge in [-0.25, -0.2) is 4.79 Å². The number of imide groups is 1. The van der Waals surface area contributed by atoms with Crippen molar-refractivity contribution in [3.8, 4) is 11.4 Å². The molecule has 0 unspecified atom stereocenters. The molecule has 0 radical (unpaired) electrons. The van der Waals surface area contributed by atoms with Crippen molar-refractivity contribution in [2.75, 3.05) is 0 Å². The van der Waals surface area contributed by atoms with E-state index in [0.717, 1.165) is 28.2 Å². The number of nitrogens with one attached hydrogen (secondary N) is 1. The van der Waals surface area contributed by atoms with Crippen LogP contribution in [0.15, 0.2) is 40.2 Å². The van der Waals surface area contributed by atoms with Crippen molar-refractivity contribution in [1.82, 2.24) is 20.4 Å². The normalized spacial score (nSPS) is 21.2. The fraction of sp³-hybridized carbons (Fsp3) is 0.263. The van der Waals surface area contributed by atoms with Crippen LogP contribution in [0.1, 0.15) is 29.2 Å². The molecule has 1 spiro atoms. The van der Waals surface area contributed by atoms with Gasteiger partial charge in [-0.2, -0.15) is 4.98 Å². The highest BCUT2D eigenvalue weighted by molar-refractivity contribution is 7.10. The summed E-state index contributed by atoms with van der Waals surface area (Å²) in [6.07, 6.45) is 2.38. The van der Waals surface area contributed by atoms with Crippen molar-refractivity contribution < 1.29 is 14.1 Å². The number of aromatic nitrogens is 2. The highest BCUT2D eigenvalue weighted by atomic mass is 35.5. The maximum Gasteiger partial charge on any atom is 0.325 e. The number of halogens is 1. The first kappa shape index (κ1) is 17.4. The van der Waals surface area contributed by atoms with Crippen LogP contribution in [0.2, 0.25) is 5.02 Å². The maximum atomic E-state index is 13.2. The van der Waals surface area contributed by atoms with Gasteiger partial charge in [-0.3, -0.25) is 9.69 Å². The highest BCUT2D eigenvalue weighted by Crippen LogP contribution is 2.42. The molecule has 1 saturated heterocycles. The molecule has 1 aromatic carbocycles. The fourth-order valence-corrected chi connectivity index (χ4v) is 5.07. The number of thiophene rings is 1. The zero-order valence-electron chi connectivity index (χ0n) is 14.6. The summed E-state index contributed by atoms with van der Waals surface area (Å²) < 4.78 is 5.27. The van der Waals surface area contributed by atoms with Crippen LogP contribution in [0.5, 0.6) is 0 Å². The van der Waals surface area contributed by atoms with Gasteiger partial charge in [0.1, 0.15) is 12.1 Å². The third-order valence-electron chi connectivity index (χ3n) is 5.18. The molecule has 28 heavy (non-hydrogen) atoms. The van der Waals surface area contributed by atoms with E-state index < -0.39 is 11.6 Å². The molecule has 9 heteroatoms. The number of aryl methyl sites for hydroxylation is 1. The molecule has 3 aromatic rings. The van der Waals surface area contributed by atoms with E-state index in [1.807, 2.05) is 17.5 Å². The van der Waals surface area contributed by atoms with Crippen LogP contribution in [-0.2, 0) is 23.3 Å². The van der Waals surface area contributed by atoms with Crippen molar-refractivity contribution in [3.63, 3.8) is 0 Å². The van der Waals surface area contributed by atoms with Gasteiger partial charge in [0, 0.05) is 21.0 Å². The molecule has 142 valence electrons. The number of fused-ring (bicyclic) bond motifs is 2. The minimum atomic E-state index is -0.972. The number of urea groups is 1. The van der Waals surface area contributed by atoms with Crippen LogP contribution in [0.4, 0.5) is 4.79 Å². The molecule has 2 aliphatic rings. The van der Waals surface area contributed by atoms with Crippen molar-refractivity contribution >= 4 is 34.9 Å². The van der Waals surface area contributed by atoms with E-state index >= 15 is 0 Å². The zero-order valence-corrected chi connectivity index (χ0v) is 16.2. The van der Waals surface area contributed by atoms with Crippen molar-refractivity contribution in [3.05, 3.63) is 57.1 Å². The van der Waals surface area contributed by atoms with Gasteiger partial charge >= 0.3 is 6.03 Å². The molecule has 7 nitrogen and oxygen atoms in total. The number of nitrogens with zero attached hydrogens (tertiary/aromatic N) is 3. The average molecular weight is 415 g/mol. The summed E-state index contributed by atoms with van der Waals surface area (Å²) in [7, 11) is 0. The summed E-state index contributed by atoms with van der Waals surface area (Å²) >= 11 is 7.62. The third kappa shape index (κ3) is 2.63. The molecule has 1 aliphatic heterocycles. The summed E-state index contributed by atoms with van der Waals surface area (Å²) in [5.41, 5.74) is 0.640. The van der Waals surface area contributed by atoms with Crippen molar-refractivity contribution in [2.24, 2.45) is 0 Å². The Morgan fingerprint density at radius 1 is 1.32 bits per heavy atom. The Balaban J connectivity index is 1.42. The second-order valence-corrected chi connectivity index (χ2v) is 8.30. The largest absolute Gasteiger partial charge is 0.337 e. The Hall–Kier alpha value is -2.71. The van der Waals surface area contributed by atoms with Gasteiger partial charge in [0.15, 0.2) is 0 Å². The maximum absolute atomic E-state index is 13.2. The van der Waals surface area contributed by atoms with Gasteiger partial charge in [0.2, 0.25) is 11.7 Å². The van der Waals surface area contributed by atoms with E-state index in [1.165, 1.54) is 0 Å². The lowest BCUT2D eigenvalue weighted by molar-refractivity contribution is -0.132. The van der Waals surface area contributed by atoms with E-state index in [-0.39, 0.29) is 18.3 Å². The van der Waals surface area contributed by atoms with Gasteiger partial charge in [0.25, 0.3) is 5.91 Å². The standard InChI is InChI=1S/C19H15ClN4O3S/c20-12-4-1-3-11(9-12)16-21-15(27-23-16)10-24-17(25)19(22-18(24)26)7-2-5-14-13(19)6-8-28-14/h1,3-4,6,8-9H,2,5,7,10H2,(H,22,26)/t19-/m1/s1. The Morgan fingerprint density at radius 2 is 2.21 bits per heavy atom. The van der Waals surface area contributed by atoms with Gasteiger partial charge in [0.05, 0.1) is 0 Å². The Morgan fingerprint density at radius 3 is 3.07 bits per heavy atom. The number of carbonyl (C=O) groups is 2. The summed E-state index contributed by atoms with van der Waals surface area (Å²) in [6.45, 7) is -0.0700. The van der Waals surface area contributed by atoms with Gasteiger partial charge in [-0.15, -0.1) is 11.3 Å². The van der Waals surface area contributed by atoms with Crippen molar-refractivity contribution in [2.45, 2.75) is 31.3 Å². The summed E-state index contributed by atoms with van der Waals surface area (Å²) in [6, 6.07) is 8.57. The number of rotatable bonds is 3. The van der Waals surface area contributed by atoms with Gasteiger partial charge in [-0.1, -0.05) is 28.9 Å². The predicted molar refractivity (Wildman–Crippen MR) is 103 cm³/mol. The van der Waals surface area contributed by atoms with Crippen LogP contribution in [-0.4, -0.2) is 27.0 Å². The molecule has 1 N–H and O–H groups in total. The SMILES string of the molecule is O=C1N[C@@]2(CCCc3sccc32)C(=O)N1Cc1nc(-c2cccc(Cl)c2)no1. The topological polar surface area (TPSA) is 88.3 Å². The van der Waals surface area contributed by atoms with E-state index in [0.29, 0.717) is 22.8 Å². The predicted octanol–water partition coefficient (Wildman–Crippen LogP) is 3.74. The van der Waals surface area contributed by atoms with Crippen LogP contribution < -0.4 is 5.32 Å². The number of hydrogen-bond donors (Lipinski definition) is 1. The first-order chi connectivity index (χ1) is 13.6. The molecule has 0 saturated carbocycles. The van der Waals surface area contributed by atoms with E-state index in [9.17, 15) is 9.59 Å². The third-order valence-corrected chi connectivity index (χ3v) is 6.40. The van der Waals surface area contributed by atoms with Gasteiger partial charge in [-0.05, 0) is 42.8 Å². The Kier molecular flexibility index (Phi) is 3.99. The first-order valence-corrected chi connectivity index (χ1v) is 10.1. The molecule has 3 amide bonds. The van der Waals surface area contributed by atoms with Crippen LogP contribution in [0.3, 0.4) is 0 Å². The zero-order chi connectivity index (χ0) is 19.3. The summed E-state index contributed by atoms with van der Waals surface area (Å²) in [4.78, 5) is 32.4. The lowest BCUT2D eigenvalue weighted by Gasteiger charge is -2.31. The van der Waals surface area contributed by atoms with Crippen molar-refractivity contribution in [1.29, 1.82) is 0 Å². The number of hydrogen-bond acceptors (Lipinski definition) is 6. The number of amides is 3. The minimum Gasteiger partial charge on any atom is -0.337 e. The monoisotopic (exact) mass is 414 g/mol. The second kappa shape index (κ2) is 6.42. The van der Waals surface area contributed by atoms with E-state index in [4.69, 9.17) is 16.1 Å². The summed E-state index contributed by atoms with van der Waals surface area (Å²) in [5, 5.41) is 9.38. The van der Waals surface area contributed by atoms with E-state index in [2.05, 4.69) is 15.5 Å². The van der Waals surface area contributed by atoms with Crippen LogP contribution in [0, 0.1) is 0 Å². The molecule has 1 fully saturated rings. The quantitative estimate of drug-likeness (QED) is 0.659. The van der Waals surface area contributed by atoms with E-state index in [1.54, 1.807) is 29.5 Å². The van der Waals surface area contributed by atoms with Gasteiger partial charge < -0.3 is 9.84 Å². The molecule has 3 heterocycles. The molecular weight excluding hydrogens is 400 g/mol. The molecular formula is C19H15ClN4O3S. The number of benzene rings is 1. The molecule has 1 atom stereocenters. The average Bonchev–Trinajstić information content (AvgIpc) is 3.39. The lowest BCUT2D eigenvalue weighted by atomic mass is 9.80. The Labute approximate surface area is 169 Å². The lowest BCUT2D eigenvalue weighted by Crippen LogP contribution is -2.46. The highest BCUT2D eigenvalue weighted by Gasteiger charge is 2.54. The minimum absolute atomic E-state index is 0.0700. The van der Waals surface area contributed by atoms with Crippen LogP contribution >= 0.6 is 22.9 Å². The second-order valence-electron chi connectivity index (χ2n) is 6.86. The number of carbonyl (C=O) groups excluding carboxylic acids is 2.